The van der Waals surface area contributed by atoms with Gasteiger partial charge in [0.05, 0.1) is 16.5 Å². The van der Waals surface area contributed by atoms with Crippen molar-refractivity contribution < 1.29 is 19.6 Å². The first-order chi connectivity index (χ1) is 9.85. The lowest BCUT2D eigenvalue weighted by molar-refractivity contribution is -0.384. The summed E-state index contributed by atoms with van der Waals surface area (Å²) in [7, 11) is 1.53. The van der Waals surface area contributed by atoms with Crippen molar-refractivity contribution >= 4 is 17.6 Å². The van der Waals surface area contributed by atoms with Gasteiger partial charge in [0.1, 0.15) is 5.69 Å². The summed E-state index contributed by atoms with van der Waals surface area (Å²) in [6, 6.07) is 1.18. The van der Waals surface area contributed by atoms with Crippen LogP contribution in [0, 0.1) is 15.5 Å². The maximum absolute atomic E-state index is 12.1. The van der Waals surface area contributed by atoms with E-state index >= 15 is 0 Å². The molecule has 1 aromatic rings. The molecule has 1 heterocycles. The van der Waals surface area contributed by atoms with E-state index in [9.17, 15) is 24.8 Å². The van der Waals surface area contributed by atoms with Crippen molar-refractivity contribution in [3.63, 3.8) is 0 Å². The molecule has 0 atom stereocenters. The Morgan fingerprint density at radius 1 is 1.48 bits per heavy atom. The number of carboxylic acid groups (broad SMARTS) is 1. The van der Waals surface area contributed by atoms with Gasteiger partial charge < -0.3 is 15.0 Å². The van der Waals surface area contributed by atoms with Gasteiger partial charge in [-0.2, -0.15) is 0 Å². The van der Waals surface area contributed by atoms with Crippen LogP contribution in [0.2, 0.25) is 0 Å². The molecule has 0 radical (unpaired) electrons. The molecule has 1 saturated carbocycles. The number of nitrogens with zero attached hydrogens (tertiary/aromatic N) is 2. The first-order valence-corrected chi connectivity index (χ1v) is 6.68. The lowest BCUT2D eigenvalue weighted by atomic mass is 9.86. The van der Waals surface area contributed by atoms with E-state index in [0.717, 1.165) is 12.8 Å². The summed E-state index contributed by atoms with van der Waals surface area (Å²) in [5.41, 5.74) is -0.941. The predicted octanol–water partition coefficient (Wildman–Crippen LogP) is 1.31. The SMILES string of the molecule is Cn1cc([N+](=O)[O-])cc1C(=O)NCC1(C(=O)O)CCCC1. The van der Waals surface area contributed by atoms with Crippen LogP contribution < -0.4 is 5.32 Å². The Balaban J connectivity index is 2.08. The minimum atomic E-state index is -0.910. The number of carbonyl (C=O) groups excluding carboxylic acids is 1. The molecule has 1 amide bonds. The van der Waals surface area contributed by atoms with Gasteiger partial charge in [-0.15, -0.1) is 0 Å². The lowest BCUT2D eigenvalue weighted by Gasteiger charge is -2.23. The van der Waals surface area contributed by atoms with E-state index in [-0.39, 0.29) is 17.9 Å². The fraction of sp³-hybridized carbons (Fsp3) is 0.538. The molecule has 0 aliphatic heterocycles. The summed E-state index contributed by atoms with van der Waals surface area (Å²) in [4.78, 5) is 33.6. The summed E-state index contributed by atoms with van der Waals surface area (Å²) in [5.74, 6) is -1.41. The first kappa shape index (κ1) is 15.0. The second-order valence-corrected chi connectivity index (χ2v) is 5.43. The molecular weight excluding hydrogens is 278 g/mol. The van der Waals surface area contributed by atoms with Crippen molar-refractivity contribution in [2.45, 2.75) is 25.7 Å². The van der Waals surface area contributed by atoms with Crippen molar-refractivity contribution in [1.82, 2.24) is 9.88 Å². The standard InChI is InChI=1S/C13H17N3O5/c1-15-7-9(16(20)21)6-10(15)11(17)14-8-13(12(18)19)4-2-3-5-13/h6-7H,2-5,8H2,1H3,(H,14,17)(H,18,19). The highest BCUT2D eigenvalue weighted by atomic mass is 16.6. The molecule has 8 nitrogen and oxygen atoms in total. The number of hydrogen-bond acceptors (Lipinski definition) is 4. The van der Waals surface area contributed by atoms with Crippen LogP contribution in [0.25, 0.3) is 0 Å². The monoisotopic (exact) mass is 295 g/mol. The highest BCUT2D eigenvalue weighted by Crippen LogP contribution is 2.37. The van der Waals surface area contributed by atoms with Gasteiger partial charge in [0.25, 0.3) is 11.6 Å². The van der Waals surface area contributed by atoms with Crippen molar-refractivity contribution in [2.24, 2.45) is 12.5 Å². The van der Waals surface area contributed by atoms with E-state index in [0.29, 0.717) is 12.8 Å². The molecule has 0 aromatic carbocycles. The maximum atomic E-state index is 12.1. The van der Waals surface area contributed by atoms with Gasteiger partial charge in [0.2, 0.25) is 0 Å². The normalized spacial score (nSPS) is 16.6. The minimum absolute atomic E-state index is 0.0418. The van der Waals surface area contributed by atoms with Crippen LogP contribution in [0.4, 0.5) is 5.69 Å². The zero-order valence-electron chi connectivity index (χ0n) is 11.7. The fourth-order valence-corrected chi connectivity index (χ4v) is 2.73. The van der Waals surface area contributed by atoms with E-state index in [1.54, 1.807) is 0 Å². The Morgan fingerprint density at radius 2 is 2.10 bits per heavy atom. The van der Waals surface area contributed by atoms with Gasteiger partial charge >= 0.3 is 5.97 Å². The number of aliphatic carboxylic acids is 1. The van der Waals surface area contributed by atoms with Crippen LogP contribution in [0.15, 0.2) is 12.3 Å². The van der Waals surface area contributed by atoms with Gasteiger partial charge in [0.15, 0.2) is 0 Å². The Kier molecular flexibility index (Phi) is 3.97. The molecule has 21 heavy (non-hydrogen) atoms. The van der Waals surface area contributed by atoms with E-state index in [2.05, 4.69) is 5.32 Å². The third-order valence-electron chi connectivity index (χ3n) is 4.04. The molecule has 2 rings (SSSR count). The summed E-state index contributed by atoms with van der Waals surface area (Å²) in [5, 5.41) is 22.6. The predicted molar refractivity (Wildman–Crippen MR) is 72.9 cm³/mol. The van der Waals surface area contributed by atoms with E-state index < -0.39 is 22.2 Å². The molecule has 1 aliphatic carbocycles. The van der Waals surface area contributed by atoms with Gasteiger partial charge in [-0.25, -0.2) is 0 Å². The summed E-state index contributed by atoms with van der Waals surface area (Å²) < 4.78 is 1.36. The van der Waals surface area contributed by atoms with Crippen LogP contribution in [-0.4, -0.2) is 33.0 Å². The van der Waals surface area contributed by atoms with Crippen molar-refractivity contribution in [2.75, 3.05) is 6.54 Å². The van der Waals surface area contributed by atoms with Gasteiger partial charge in [-0.05, 0) is 12.8 Å². The number of nitrogens with one attached hydrogen (secondary N) is 1. The van der Waals surface area contributed by atoms with Crippen molar-refractivity contribution in [3.05, 3.63) is 28.1 Å². The van der Waals surface area contributed by atoms with Crippen LogP contribution in [0.5, 0.6) is 0 Å². The second-order valence-electron chi connectivity index (χ2n) is 5.43. The molecule has 0 spiro atoms. The maximum Gasteiger partial charge on any atom is 0.311 e. The number of nitro groups is 1. The van der Waals surface area contributed by atoms with Crippen LogP contribution in [0.3, 0.4) is 0 Å². The van der Waals surface area contributed by atoms with Gasteiger partial charge in [-0.1, -0.05) is 12.8 Å². The zero-order valence-corrected chi connectivity index (χ0v) is 11.7. The van der Waals surface area contributed by atoms with E-state index in [1.807, 2.05) is 0 Å². The van der Waals surface area contributed by atoms with Crippen LogP contribution in [-0.2, 0) is 11.8 Å². The van der Waals surface area contributed by atoms with Crippen molar-refractivity contribution in [3.8, 4) is 0 Å². The third kappa shape index (κ3) is 2.88. The average Bonchev–Trinajstić information content (AvgIpc) is 3.03. The third-order valence-corrected chi connectivity index (χ3v) is 4.04. The molecule has 8 heteroatoms. The van der Waals surface area contributed by atoms with E-state index in [1.165, 1.54) is 23.9 Å². The number of carbonyl (C=O) groups is 2. The van der Waals surface area contributed by atoms with Crippen LogP contribution in [0.1, 0.15) is 36.2 Å². The lowest BCUT2D eigenvalue weighted by Crippen LogP contribution is -2.41. The average molecular weight is 295 g/mol. The molecular formula is C13H17N3O5. The Labute approximate surface area is 120 Å². The second kappa shape index (κ2) is 5.55. The summed E-state index contributed by atoms with van der Waals surface area (Å²) in [6.07, 6.45) is 3.98. The Hall–Kier alpha value is -2.38. The highest BCUT2D eigenvalue weighted by molar-refractivity contribution is 5.94. The molecule has 1 fully saturated rings. The number of hydrogen-bond donors (Lipinski definition) is 2. The molecule has 0 unspecified atom stereocenters. The number of amides is 1. The molecule has 0 saturated heterocycles. The zero-order chi connectivity index (χ0) is 15.6. The van der Waals surface area contributed by atoms with E-state index in [4.69, 9.17) is 0 Å². The number of carboxylic acids is 1. The van der Waals surface area contributed by atoms with Crippen molar-refractivity contribution in [1.29, 1.82) is 0 Å². The quantitative estimate of drug-likeness (QED) is 0.627. The Morgan fingerprint density at radius 3 is 2.57 bits per heavy atom. The highest BCUT2D eigenvalue weighted by Gasteiger charge is 2.41. The van der Waals surface area contributed by atoms with Gasteiger partial charge in [0, 0.05) is 19.7 Å². The summed E-state index contributed by atoms with van der Waals surface area (Å²) in [6.45, 7) is 0.0418. The smallest absolute Gasteiger partial charge is 0.311 e. The molecule has 1 aliphatic rings. The topological polar surface area (TPSA) is 114 Å². The number of aryl methyl sites for hydroxylation is 1. The Bertz CT molecular complexity index is 587. The minimum Gasteiger partial charge on any atom is -0.481 e. The molecule has 0 bridgehead atoms. The van der Waals surface area contributed by atoms with Gasteiger partial charge in [-0.3, -0.25) is 19.7 Å². The molecule has 1 aromatic heterocycles. The largest absolute Gasteiger partial charge is 0.481 e. The molecule has 2 N–H and O–H groups in total. The fourth-order valence-electron chi connectivity index (χ4n) is 2.73. The number of rotatable bonds is 5. The first-order valence-electron chi connectivity index (χ1n) is 6.68. The number of aromatic nitrogens is 1. The summed E-state index contributed by atoms with van der Waals surface area (Å²) >= 11 is 0. The molecule has 114 valence electrons. The van der Waals surface area contributed by atoms with Crippen LogP contribution >= 0.6 is 0 Å².